The first-order valence-corrected chi connectivity index (χ1v) is 5.91. The van der Waals surface area contributed by atoms with E-state index in [2.05, 4.69) is 5.32 Å². The normalized spacial score (nSPS) is 20.3. The van der Waals surface area contributed by atoms with Gasteiger partial charge in [-0.2, -0.15) is 0 Å². The Morgan fingerprint density at radius 1 is 1.59 bits per heavy atom. The van der Waals surface area contributed by atoms with Gasteiger partial charge in [0.25, 0.3) is 0 Å². The zero-order chi connectivity index (χ0) is 12.4. The lowest BCUT2D eigenvalue weighted by Crippen LogP contribution is -2.33. The van der Waals surface area contributed by atoms with Crippen molar-refractivity contribution < 1.29 is 14.6 Å². The number of hydrogen-bond donors (Lipinski definition) is 2. The van der Waals surface area contributed by atoms with E-state index in [1.807, 2.05) is 6.92 Å². The summed E-state index contributed by atoms with van der Waals surface area (Å²) in [6.07, 6.45) is -0.184. The summed E-state index contributed by atoms with van der Waals surface area (Å²) in [5.41, 5.74) is 1.41. The number of ether oxygens (including phenoxy) is 2. The molecule has 1 saturated heterocycles. The van der Waals surface area contributed by atoms with Crippen molar-refractivity contribution in [1.29, 1.82) is 0 Å². The highest BCUT2D eigenvalue weighted by Crippen LogP contribution is 2.41. The quantitative estimate of drug-likeness (QED) is 0.851. The molecule has 1 aromatic rings. The summed E-state index contributed by atoms with van der Waals surface area (Å²) >= 11 is 6.12. The largest absolute Gasteiger partial charge is 0.504 e. The number of phenols is 1. The minimum atomic E-state index is -0.184. The van der Waals surface area contributed by atoms with Gasteiger partial charge in [-0.1, -0.05) is 11.6 Å². The van der Waals surface area contributed by atoms with E-state index in [0.717, 1.165) is 12.1 Å². The standard InChI is InChI=1S/C12H16ClNO3/c1-7-9(13)5-8(11(15)12(7)16-2)10-6-14-3-4-17-10/h5,10,14-15H,3-4,6H2,1-2H3. The fourth-order valence-corrected chi connectivity index (χ4v) is 2.19. The highest BCUT2D eigenvalue weighted by atomic mass is 35.5. The Labute approximate surface area is 105 Å². The van der Waals surface area contributed by atoms with Crippen LogP contribution in [0.1, 0.15) is 17.2 Å². The number of methoxy groups -OCH3 is 1. The van der Waals surface area contributed by atoms with Gasteiger partial charge in [0.15, 0.2) is 11.5 Å². The van der Waals surface area contributed by atoms with E-state index in [1.165, 1.54) is 7.11 Å². The van der Waals surface area contributed by atoms with Gasteiger partial charge in [-0.05, 0) is 13.0 Å². The lowest BCUT2D eigenvalue weighted by Gasteiger charge is -2.25. The summed E-state index contributed by atoms with van der Waals surface area (Å²) in [7, 11) is 1.52. The van der Waals surface area contributed by atoms with E-state index in [-0.39, 0.29) is 11.9 Å². The van der Waals surface area contributed by atoms with E-state index < -0.39 is 0 Å². The Morgan fingerprint density at radius 3 is 2.94 bits per heavy atom. The molecule has 1 unspecified atom stereocenters. The predicted octanol–water partition coefficient (Wildman–Crippen LogP) is 2.02. The molecule has 1 atom stereocenters. The first-order valence-electron chi connectivity index (χ1n) is 5.53. The first-order chi connectivity index (χ1) is 8.15. The summed E-state index contributed by atoms with van der Waals surface area (Å²) in [6.45, 7) is 3.92. The van der Waals surface area contributed by atoms with Crippen molar-refractivity contribution in [3.8, 4) is 11.5 Å². The highest BCUT2D eigenvalue weighted by Gasteiger charge is 2.23. The fraction of sp³-hybridized carbons (Fsp3) is 0.500. The third kappa shape index (κ3) is 2.34. The predicted molar refractivity (Wildman–Crippen MR) is 66.0 cm³/mol. The van der Waals surface area contributed by atoms with Crippen LogP contribution in [0, 0.1) is 6.92 Å². The third-order valence-electron chi connectivity index (χ3n) is 2.95. The van der Waals surface area contributed by atoms with Crippen molar-refractivity contribution in [2.45, 2.75) is 13.0 Å². The van der Waals surface area contributed by atoms with Crippen molar-refractivity contribution in [3.63, 3.8) is 0 Å². The molecule has 5 heteroatoms. The van der Waals surface area contributed by atoms with Crippen LogP contribution in [-0.4, -0.2) is 31.9 Å². The van der Waals surface area contributed by atoms with E-state index in [0.29, 0.717) is 29.5 Å². The Kier molecular flexibility index (Phi) is 3.76. The number of rotatable bonds is 2. The number of benzene rings is 1. The zero-order valence-electron chi connectivity index (χ0n) is 9.92. The van der Waals surface area contributed by atoms with Gasteiger partial charge in [0.2, 0.25) is 0 Å². The van der Waals surface area contributed by atoms with Crippen LogP contribution in [0.3, 0.4) is 0 Å². The SMILES string of the molecule is COc1c(C)c(Cl)cc(C2CNCCO2)c1O. The minimum Gasteiger partial charge on any atom is -0.504 e. The van der Waals surface area contributed by atoms with Crippen molar-refractivity contribution in [2.24, 2.45) is 0 Å². The molecular weight excluding hydrogens is 242 g/mol. The van der Waals surface area contributed by atoms with Gasteiger partial charge in [-0.15, -0.1) is 0 Å². The molecule has 0 aliphatic carbocycles. The Morgan fingerprint density at radius 2 is 2.35 bits per heavy atom. The van der Waals surface area contributed by atoms with Crippen LogP contribution in [-0.2, 0) is 4.74 Å². The van der Waals surface area contributed by atoms with Crippen molar-refractivity contribution >= 4 is 11.6 Å². The Hall–Kier alpha value is -0.970. The van der Waals surface area contributed by atoms with Gasteiger partial charge in [0.1, 0.15) is 0 Å². The van der Waals surface area contributed by atoms with Crippen molar-refractivity contribution in [3.05, 3.63) is 22.2 Å². The smallest absolute Gasteiger partial charge is 0.165 e. The van der Waals surface area contributed by atoms with Gasteiger partial charge in [-0.25, -0.2) is 0 Å². The number of morpholine rings is 1. The van der Waals surface area contributed by atoms with Crippen LogP contribution in [0.4, 0.5) is 0 Å². The van der Waals surface area contributed by atoms with Crippen molar-refractivity contribution in [1.82, 2.24) is 5.32 Å². The summed E-state index contributed by atoms with van der Waals surface area (Å²) < 4.78 is 10.8. The van der Waals surface area contributed by atoms with Crippen LogP contribution in [0.25, 0.3) is 0 Å². The molecule has 1 aliphatic heterocycles. The topological polar surface area (TPSA) is 50.7 Å². The molecule has 0 radical (unpaired) electrons. The average molecular weight is 258 g/mol. The number of nitrogens with one attached hydrogen (secondary N) is 1. The number of hydrogen-bond acceptors (Lipinski definition) is 4. The van der Waals surface area contributed by atoms with Gasteiger partial charge >= 0.3 is 0 Å². The molecule has 0 aromatic heterocycles. The molecule has 1 fully saturated rings. The molecular formula is C12H16ClNO3. The van der Waals surface area contributed by atoms with Crippen molar-refractivity contribution in [2.75, 3.05) is 26.8 Å². The highest BCUT2D eigenvalue weighted by molar-refractivity contribution is 6.31. The lowest BCUT2D eigenvalue weighted by molar-refractivity contribution is 0.0261. The Bertz CT molecular complexity index is 417. The molecule has 1 aliphatic rings. The fourth-order valence-electron chi connectivity index (χ4n) is 1.99. The molecule has 17 heavy (non-hydrogen) atoms. The number of phenolic OH excluding ortho intramolecular Hbond substituents is 1. The second-order valence-corrected chi connectivity index (χ2v) is 4.43. The molecule has 2 N–H and O–H groups in total. The molecule has 0 spiro atoms. The van der Waals surface area contributed by atoms with Crippen LogP contribution in [0.5, 0.6) is 11.5 Å². The molecule has 2 rings (SSSR count). The summed E-state index contributed by atoms with van der Waals surface area (Å²) in [5.74, 6) is 0.532. The molecule has 0 bridgehead atoms. The zero-order valence-corrected chi connectivity index (χ0v) is 10.7. The van der Waals surface area contributed by atoms with Gasteiger partial charge in [-0.3, -0.25) is 0 Å². The van der Waals surface area contributed by atoms with E-state index in [9.17, 15) is 5.11 Å². The summed E-state index contributed by atoms with van der Waals surface area (Å²) in [5, 5.41) is 13.9. The molecule has 1 heterocycles. The summed E-state index contributed by atoms with van der Waals surface area (Å²) in [6, 6.07) is 1.74. The molecule has 0 amide bonds. The van der Waals surface area contributed by atoms with Crippen LogP contribution >= 0.6 is 11.6 Å². The minimum absolute atomic E-state index is 0.114. The lowest BCUT2D eigenvalue weighted by atomic mass is 10.0. The monoisotopic (exact) mass is 257 g/mol. The van der Waals surface area contributed by atoms with E-state index in [4.69, 9.17) is 21.1 Å². The molecule has 4 nitrogen and oxygen atoms in total. The van der Waals surface area contributed by atoms with Crippen LogP contribution in [0.15, 0.2) is 6.07 Å². The van der Waals surface area contributed by atoms with Gasteiger partial charge in [0.05, 0.1) is 19.8 Å². The maximum Gasteiger partial charge on any atom is 0.165 e. The first kappa shape index (κ1) is 12.5. The second-order valence-electron chi connectivity index (χ2n) is 4.02. The maximum atomic E-state index is 10.2. The van der Waals surface area contributed by atoms with E-state index >= 15 is 0 Å². The van der Waals surface area contributed by atoms with Gasteiger partial charge < -0.3 is 19.9 Å². The number of aromatic hydroxyl groups is 1. The van der Waals surface area contributed by atoms with Crippen LogP contribution in [0.2, 0.25) is 5.02 Å². The Balaban J connectivity index is 2.42. The molecule has 0 saturated carbocycles. The second kappa shape index (κ2) is 5.12. The molecule has 94 valence electrons. The summed E-state index contributed by atoms with van der Waals surface area (Å²) in [4.78, 5) is 0. The maximum absolute atomic E-state index is 10.2. The van der Waals surface area contributed by atoms with Gasteiger partial charge in [0, 0.05) is 29.2 Å². The van der Waals surface area contributed by atoms with Crippen LogP contribution < -0.4 is 10.1 Å². The van der Waals surface area contributed by atoms with E-state index in [1.54, 1.807) is 6.07 Å². The number of halogens is 1. The molecule has 1 aromatic carbocycles. The third-order valence-corrected chi connectivity index (χ3v) is 3.34. The average Bonchev–Trinajstić information content (AvgIpc) is 2.36.